The highest BCUT2D eigenvalue weighted by Gasteiger charge is 2.37. The van der Waals surface area contributed by atoms with E-state index >= 15 is 0 Å². The maximum Gasteiger partial charge on any atom is 0.0674 e. The first-order valence-corrected chi connectivity index (χ1v) is 11.1. The van der Waals surface area contributed by atoms with Gasteiger partial charge in [0.25, 0.3) is 0 Å². The van der Waals surface area contributed by atoms with Crippen molar-refractivity contribution in [3.8, 4) is 0 Å². The molecule has 0 heterocycles. The van der Waals surface area contributed by atoms with Gasteiger partial charge in [-0.05, 0) is 77.5 Å². The second-order valence-corrected chi connectivity index (χ2v) is 10.1. The smallest absolute Gasteiger partial charge is 0.0674 e. The van der Waals surface area contributed by atoms with Gasteiger partial charge in [0.15, 0.2) is 0 Å². The van der Waals surface area contributed by atoms with E-state index in [9.17, 15) is 0 Å². The number of benzene rings is 2. The Morgan fingerprint density at radius 2 is 1.53 bits per heavy atom. The van der Waals surface area contributed by atoms with Crippen LogP contribution in [0, 0.1) is 0 Å². The lowest BCUT2D eigenvalue weighted by Crippen LogP contribution is -2.34. The van der Waals surface area contributed by atoms with Gasteiger partial charge in [-0.15, -0.1) is 0 Å². The molecule has 3 nitrogen and oxygen atoms in total. The fraction of sp³-hybridized carbons (Fsp3) is 0.481. The van der Waals surface area contributed by atoms with E-state index in [1.807, 2.05) is 20.3 Å². The molecule has 0 radical (unpaired) electrons. The Morgan fingerprint density at radius 3 is 2.07 bits per heavy atom. The summed E-state index contributed by atoms with van der Waals surface area (Å²) in [6.45, 7) is 13.8. The van der Waals surface area contributed by atoms with Gasteiger partial charge in [0, 0.05) is 25.3 Å². The van der Waals surface area contributed by atoms with Gasteiger partial charge in [0.2, 0.25) is 0 Å². The first kappa shape index (κ1) is 22.3. The van der Waals surface area contributed by atoms with Crippen LogP contribution in [0.3, 0.4) is 0 Å². The molecule has 0 amide bonds. The number of aryl methyl sites for hydroxylation is 1. The minimum absolute atomic E-state index is 0.198. The molecular weight excluding hydrogens is 366 g/mol. The Hall–Kier alpha value is -2.42. The molecule has 1 aliphatic carbocycles. The summed E-state index contributed by atoms with van der Waals surface area (Å²) in [5, 5.41) is 8.96. The van der Waals surface area contributed by atoms with Gasteiger partial charge in [-0.25, -0.2) is 0 Å². The molecule has 2 aromatic rings. The molecule has 0 unspecified atom stereocenters. The zero-order valence-electron chi connectivity index (χ0n) is 20.0. The third kappa shape index (κ3) is 4.50. The quantitative estimate of drug-likeness (QED) is 0.413. The van der Waals surface area contributed by atoms with Crippen LogP contribution >= 0.6 is 0 Å². The van der Waals surface area contributed by atoms with Crippen molar-refractivity contribution < 1.29 is 0 Å². The molecule has 0 bridgehead atoms. The summed E-state index contributed by atoms with van der Waals surface area (Å²) >= 11 is 0. The van der Waals surface area contributed by atoms with Crippen molar-refractivity contribution in [2.45, 2.75) is 71.6 Å². The van der Waals surface area contributed by atoms with Crippen molar-refractivity contribution in [2.24, 2.45) is 10.2 Å². The van der Waals surface area contributed by atoms with Crippen molar-refractivity contribution in [2.75, 3.05) is 19.0 Å². The summed E-state index contributed by atoms with van der Waals surface area (Å²) in [4.78, 5) is 2.09. The average molecular weight is 404 g/mol. The lowest BCUT2D eigenvalue weighted by Gasteiger charge is -2.42. The molecule has 0 atom stereocenters. The summed E-state index contributed by atoms with van der Waals surface area (Å²) in [5.74, 6) is 0. The molecule has 2 aromatic carbocycles. The zero-order chi connectivity index (χ0) is 22.1. The van der Waals surface area contributed by atoms with Crippen LogP contribution in [0.25, 0.3) is 0 Å². The summed E-state index contributed by atoms with van der Waals surface area (Å²) in [6.07, 6.45) is 5.29. The van der Waals surface area contributed by atoms with Crippen LogP contribution in [0.15, 0.2) is 46.6 Å². The predicted molar refractivity (Wildman–Crippen MR) is 132 cm³/mol. The van der Waals surface area contributed by atoms with Crippen molar-refractivity contribution in [1.82, 2.24) is 0 Å². The fourth-order valence-corrected chi connectivity index (χ4v) is 4.38. The Morgan fingerprint density at radius 1 is 0.967 bits per heavy atom. The SMILES string of the molecule is CCc1cc2c(cc1C(C)=NN=Cc1ccc(N(C)C)cc1)C(C)(C)CCC2(C)C. The van der Waals surface area contributed by atoms with Crippen molar-refractivity contribution in [1.29, 1.82) is 0 Å². The van der Waals surface area contributed by atoms with Crippen LogP contribution in [0.1, 0.15) is 82.2 Å². The Labute approximate surface area is 182 Å². The first-order chi connectivity index (χ1) is 14.0. The van der Waals surface area contributed by atoms with Gasteiger partial charge in [-0.2, -0.15) is 10.2 Å². The molecular formula is C27H37N3. The van der Waals surface area contributed by atoms with Crippen LogP contribution in [-0.2, 0) is 17.3 Å². The largest absolute Gasteiger partial charge is 0.378 e. The maximum absolute atomic E-state index is 4.56. The maximum atomic E-state index is 4.56. The highest BCUT2D eigenvalue weighted by Crippen LogP contribution is 2.46. The molecule has 0 saturated heterocycles. The number of fused-ring (bicyclic) bond motifs is 1. The van der Waals surface area contributed by atoms with Crippen molar-refractivity contribution >= 4 is 17.6 Å². The lowest BCUT2D eigenvalue weighted by atomic mass is 9.62. The standard InChI is InChI=1S/C27H37N3/c1-9-21-16-24-25(27(5,6)15-14-26(24,3)4)17-23(21)19(2)29-28-18-20-10-12-22(13-11-20)30(7)8/h10-13,16-18H,9,14-15H2,1-8H3. The fourth-order valence-electron chi connectivity index (χ4n) is 4.38. The number of rotatable bonds is 5. The van der Waals surface area contributed by atoms with E-state index in [0.29, 0.717) is 0 Å². The van der Waals surface area contributed by atoms with E-state index in [-0.39, 0.29) is 10.8 Å². The second kappa shape index (κ2) is 8.37. The van der Waals surface area contributed by atoms with Crippen LogP contribution in [-0.4, -0.2) is 26.0 Å². The summed E-state index contributed by atoms with van der Waals surface area (Å²) < 4.78 is 0. The minimum Gasteiger partial charge on any atom is -0.378 e. The van der Waals surface area contributed by atoms with E-state index in [1.54, 1.807) is 0 Å². The molecule has 3 rings (SSSR count). The molecule has 0 spiro atoms. The van der Waals surface area contributed by atoms with E-state index in [1.165, 1.54) is 40.8 Å². The third-order valence-electron chi connectivity index (χ3n) is 6.67. The highest BCUT2D eigenvalue weighted by molar-refractivity contribution is 6.00. The van der Waals surface area contributed by atoms with Crippen LogP contribution < -0.4 is 4.90 Å². The normalized spacial score (nSPS) is 17.8. The van der Waals surface area contributed by atoms with Gasteiger partial charge >= 0.3 is 0 Å². The topological polar surface area (TPSA) is 28.0 Å². The average Bonchev–Trinajstić information content (AvgIpc) is 2.71. The molecule has 3 heteroatoms. The van der Waals surface area contributed by atoms with Gasteiger partial charge in [-0.1, -0.05) is 52.8 Å². The van der Waals surface area contributed by atoms with Crippen LogP contribution in [0.5, 0.6) is 0 Å². The Balaban J connectivity index is 1.94. The molecule has 0 fully saturated rings. The Kier molecular flexibility index (Phi) is 6.21. The number of hydrogen-bond donors (Lipinski definition) is 0. The van der Waals surface area contributed by atoms with E-state index in [2.05, 4.69) is 93.0 Å². The molecule has 160 valence electrons. The van der Waals surface area contributed by atoms with Gasteiger partial charge in [0.05, 0.1) is 11.9 Å². The van der Waals surface area contributed by atoms with E-state index in [4.69, 9.17) is 0 Å². The van der Waals surface area contributed by atoms with E-state index in [0.717, 1.165) is 17.7 Å². The van der Waals surface area contributed by atoms with Crippen molar-refractivity contribution in [3.63, 3.8) is 0 Å². The highest BCUT2D eigenvalue weighted by atomic mass is 15.2. The summed E-state index contributed by atoms with van der Waals surface area (Å²) in [5.41, 5.74) is 9.24. The number of nitrogens with zero attached hydrogens (tertiary/aromatic N) is 3. The number of anilines is 1. The third-order valence-corrected chi connectivity index (χ3v) is 6.67. The molecule has 30 heavy (non-hydrogen) atoms. The first-order valence-electron chi connectivity index (χ1n) is 11.1. The second-order valence-electron chi connectivity index (χ2n) is 10.1. The predicted octanol–water partition coefficient (Wildman–Crippen LogP) is 6.51. The zero-order valence-corrected chi connectivity index (χ0v) is 20.0. The van der Waals surface area contributed by atoms with Crippen molar-refractivity contribution in [3.05, 3.63) is 64.2 Å². The van der Waals surface area contributed by atoms with Crippen LogP contribution in [0.4, 0.5) is 5.69 Å². The van der Waals surface area contributed by atoms with E-state index < -0.39 is 0 Å². The van der Waals surface area contributed by atoms with Gasteiger partial charge in [-0.3, -0.25) is 0 Å². The molecule has 0 aromatic heterocycles. The van der Waals surface area contributed by atoms with Gasteiger partial charge in [0.1, 0.15) is 0 Å². The summed E-state index contributed by atoms with van der Waals surface area (Å²) in [7, 11) is 4.09. The molecule has 0 aliphatic heterocycles. The lowest BCUT2D eigenvalue weighted by molar-refractivity contribution is 0.331. The molecule has 0 N–H and O–H groups in total. The number of hydrogen-bond acceptors (Lipinski definition) is 3. The van der Waals surface area contributed by atoms with Gasteiger partial charge < -0.3 is 4.90 Å². The monoisotopic (exact) mass is 403 g/mol. The van der Waals surface area contributed by atoms with Crippen LogP contribution in [0.2, 0.25) is 0 Å². The molecule has 1 aliphatic rings. The summed E-state index contributed by atoms with van der Waals surface area (Å²) in [6, 6.07) is 13.2. The Bertz CT molecular complexity index is 960. The minimum atomic E-state index is 0.198. The molecule has 0 saturated carbocycles.